The van der Waals surface area contributed by atoms with E-state index < -0.39 is 35.0 Å². The number of allylic oxidation sites excluding steroid dienone is 1. The van der Waals surface area contributed by atoms with Crippen LogP contribution in [-0.2, 0) is 21.4 Å². The summed E-state index contributed by atoms with van der Waals surface area (Å²) in [5, 5.41) is 32.0. The zero-order chi connectivity index (χ0) is 37.5. The number of anilines is 1. The molecule has 5 unspecified atom stereocenters. The maximum Gasteiger partial charge on any atom is 0.341 e. The van der Waals surface area contributed by atoms with E-state index in [2.05, 4.69) is 49.4 Å². The molecule has 1 amide bonds. The van der Waals surface area contributed by atoms with Crippen LogP contribution in [0.4, 0.5) is 5.82 Å². The number of ether oxygens (including phenoxy) is 1. The van der Waals surface area contributed by atoms with E-state index in [1.54, 1.807) is 31.7 Å². The Kier molecular flexibility index (Phi) is 9.92. The molecule has 4 heterocycles. The van der Waals surface area contributed by atoms with Gasteiger partial charge in [-0.1, -0.05) is 38.1 Å². The van der Waals surface area contributed by atoms with Gasteiger partial charge in [0.2, 0.25) is 11.9 Å². The first kappa shape index (κ1) is 36.4. The summed E-state index contributed by atoms with van der Waals surface area (Å²) in [4.78, 5) is 44.3. The highest BCUT2D eigenvalue weighted by Crippen LogP contribution is 2.62. The number of aliphatic hydroxyl groups excluding tert-OH is 2. The van der Waals surface area contributed by atoms with Gasteiger partial charge < -0.3 is 24.8 Å². The van der Waals surface area contributed by atoms with Crippen LogP contribution >= 0.6 is 0 Å². The van der Waals surface area contributed by atoms with E-state index in [0.717, 1.165) is 22.2 Å². The molecule has 13 heteroatoms. The van der Waals surface area contributed by atoms with Gasteiger partial charge in [0.05, 0.1) is 54.3 Å². The van der Waals surface area contributed by atoms with E-state index in [9.17, 15) is 19.8 Å². The highest BCUT2D eigenvalue weighted by atomic mass is 16.5. The number of nitrogens with one attached hydrogen (secondary N) is 3. The normalized spacial score (nSPS) is 30.1. The molecule has 13 nitrogen and oxygen atoms in total. The third kappa shape index (κ3) is 6.96. The molecule has 2 aliphatic carbocycles. The SMILES string of the molecule is C=C1C(NC(C)C(=O)NC2=NCC=N2)CC2[C@](C)(CC[C@@H](O)[C@@]2(C)CO)C1CC(Nc1ccccn1)C1=C/C(=C\c2ccc3c(c2)ncn3C)OC1=O. The molecular weight excluding hydrogens is 672 g/mol. The Balaban J connectivity index is 1.23. The van der Waals surface area contributed by atoms with E-state index in [-0.39, 0.29) is 36.4 Å². The molecule has 7 rings (SSSR count). The summed E-state index contributed by atoms with van der Waals surface area (Å²) in [6.45, 7) is 10.8. The average molecular weight is 721 g/mol. The van der Waals surface area contributed by atoms with Crippen molar-refractivity contribution in [2.75, 3.05) is 18.5 Å². The van der Waals surface area contributed by atoms with Crippen LogP contribution in [0.25, 0.3) is 17.1 Å². The van der Waals surface area contributed by atoms with E-state index in [0.29, 0.717) is 49.4 Å². The lowest BCUT2D eigenvalue weighted by molar-refractivity contribution is -0.156. The van der Waals surface area contributed by atoms with Crippen molar-refractivity contribution in [2.45, 2.75) is 70.7 Å². The molecule has 2 aliphatic heterocycles. The average Bonchev–Trinajstić information content (AvgIpc) is 3.89. The lowest BCUT2D eigenvalue weighted by Crippen LogP contribution is -2.62. The fourth-order valence-corrected chi connectivity index (χ4v) is 8.98. The number of benzene rings is 1. The lowest BCUT2D eigenvalue weighted by Gasteiger charge is -2.62. The van der Waals surface area contributed by atoms with Crippen LogP contribution in [0.1, 0.15) is 52.0 Å². The standard InChI is InChI=1S/C40H48N8O5/c1-23-28(39(3)12-11-34(50)40(4,21-49)33(39)20-29(23)45-24(2)36(51)47-38-42-14-15-43-38)19-30(46-35-8-6-7-13-41-35)27-18-26(53-37(27)52)16-25-9-10-32-31(17-25)44-22-48(32)5/h6-10,13-14,16-18,22,24,28-30,33-34,45,49-50H,1,11-12,15,19-21H2,2-5H3,(H,41,46)(H,43,47,51)/b26-16+/t24?,28?,29?,30?,33?,34-,39-,40+/m1/s1. The van der Waals surface area contributed by atoms with Crippen LogP contribution in [0.2, 0.25) is 0 Å². The summed E-state index contributed by atoms with van der Waals surface area (Å²) < 4.78 is 7.81. The Hall–Kier alpha value is -4.98. The zero-order valence-corrected chi connectivity index (χ0v) is 30.6. The van der Waals surface area contributed by atoms with Gasteiger partial charge in [-0.15, -0.1) is 0 Å². The minimum atomic E-state index is -0.801. The number of aromatic nitrogens is 3. The topological polar surface area (TPSA) is 175 Å². The number of pyridine rings is 1. The molecule has 4 aliphatic rings. The van der Waals surface area contributed by atoms with Crippen LogP contribution in [-0.4, -0.2) is 86.2 Å². The van der Waals surface area contributed by atoms with Crippen LogP contribution < -0.4 is 16.0 Å². The number of fused-ring (bicyclic) bond motifs is 2. The first-order chi connectivity index (χ1) is 25.4. The van der Waals surface area contributed by atoms with Gasteiger partial charge in [-0.2, -0.15) is 0 Å². The second-order valence-electron chi connectivity index (χ2n) is 15.3. The Morgan fingerprint density at radius 2 is 2.06 bits per heavy atom. The van der Waals surface area contributed by atoms with Gasteiger partial charge in [0.15, 0.2) is 0 Å². The van der Waals surface area contributed by atoms with Crippen LogP contribution in [0.5, 0.6) is 0 Å². The smallest absolute Gasteiger partial charge is 0.341 e. The fraction of sp³-hybridized carbons (Fsp3) is 0.450. The number of hydrogen-bond donors (Lipinski definition) is 5. The van der Waals surface area contributed by atoms with Crippen molar-refractivity contribution in [1.82, 2.24) is 25.2 Å². The van der Waals surface area contributed by atoms with Crippen molar-refractivity contribution in [3.8, 4) is 0 Å². The molecule has 2 saturated carbocycles. The number of cyclic esters (lactones) is 1. The maximum absolute atomic E-state index is 13.8. The van der Waals surface area contributed by atoms with Gasteiger partial charge in [0, 0.05) is 30.9 Å². The van der Waals surface area contributed by atoms with Gasteiger partial charge in [-0.3, -0.25) is 15.4 Å². The molecule has 0 bridgehead atoms. The number of amides is 1. The minimum Gasteiger partial charge on any atom is -0.423 e. The number of esters is 1. The Bertz CT molecular complexity index is 2040. The molecule has 53 heavy (non-hydrogen) atoms. The van der Waals surface area contributed by atoms with Crippen LogP contribution in [0.3, 0.4) is 0 Å². The summed E-state index contributed by atoms with van der Waals surface area (Å²) in [5.74, 6) is 0.227. The first-order valence-electron chi connectivity index (χ1n) is 18.2. The van der Waals surface area contributed by atoms with Crippen molar-refractivity contribution >= 4 is 47.0 Å². The maximum atomic E-state index is 13.8. The van der Waals surface area contributed by atoms with Crippen molar-refractivity contribution in [1.29, 1.82) is 0 Å². The summed E-state index contributed by atoms with van der Waals surface area (Å²) in [5.41, 5.74) is 2.83. The number of carbonyl (C=O) groups excluding carboxylic acids is 2. The summed E-state index contributed by atoms with van der Waals surface area (Å²) in [6, 6.07) is 9.99. The predicted molar refractivity (Wildman–Crippen MR) is 204 cm³/mol. The molecule has 3 aromatic rings. The molecule has 5 N–H and O–H groups in total. The lowest BCUT2D eigenvalue weighted by atomic mass is 9.45. The Morgan fingerprint density at radius 3 is 2.79 bits per heavy atom. The van der Waals surface area contributed by atoms with Gasteiger partial charge in [-0.25, -0.2) is 24.7 Å². The number of nitrogens with zero attached hydrogens (tertiary/aromatic N) is 5. The molecular formula is C40H48N8O5. The molecule has 278 valence electrons. The third-order valence-corrected chi connectivity index (χ3v) is 12.1. The number of carbonyl (C=O) groups is 2. The van der Waals surface area contributed by atoms with Gasteiger partial charge in [-0.05, 0) is 91.8 Å². The van der Waals surface area contributed by atoms with Crippen LogP contribution in [0, 0.1) is 22.7 Å². The first-order valence-corrected chi connectivity index (χ1v) is 18.2. The molecule has 0 spiro atoms. The van der Waals surface area contributed by atoms with E-state index >= 15 is 0 Å². The zero-order valence-electron chi connectivity index (χ0n) is 30.6. The highest BCUT2D eigenvalue weighted by Gasteiger charge is 2.60. The van der Waals surface area contributed by atoms with E-state index in [1.165, 1.54) is 0 Å². The molecule has 1 aromatic carbocycles. The highest BCUT2D eigenvalue weighted by molar-refractivity contribution is 6.04. The van der Waals surface area contributed by atoms with Crippen molar-refractivity contribution in [3.63, 3.8) is 0 Å². The van der Waals surface area contributed by atoms with E-state index in [4.69, 9.17) is 4.74 Å². The largest absolute Gasteiger partial charge is 0.423 e. The Labute approximate surface area is 309 Å². The fourth-order valence-electron chi connectivity index (χ4n) is 8.98. The van der Waals surface area contributed by atoms with Crippen molar-refractivity contribution in [2.24, 2.45) is 39.7 Å². The predicted octanol–water partition coefficient (Wildman–Crippen LogP) is 3.92. The second kappa shape index (κ2) is 14.4. The number of aliphatic hydroxyl groups is 2. The number of imidazole rings is 1. The number of guanidine groups is 1. The number of hydrogen-bond acceptors (Lipinski definition) is 11. The van der Waals surface area contributed by atoms with Gasteiger partial charge in [0.1, 0.15) is 11.6 Å². The van der Waals surface area contributed by atoms with Gasteiger partial charge >= 0.3 is 5.97 Å². The molecule has 0 saturated heterocycles. The monoisotopic (exact) mass is 720 g/mol. The van der Waals surface area contributed by atoms with E-state index in [1.807, 2.05) is 61.0 Å². The Morgan fingerprint density at radius 1 is 1.23 bits per heavy atom. The third-order valence-electron chi connectivity index (χ3n) is 12.1. The number of aryl methyl sites for hydroxylation is 1. The molecule has 0 radical (unpaired) electrons. The second-order valence-corrected chi connectivity index (χ2v) is 15.3. The van der Waals surface area contributed by atoms with Crippen LogP contribution in [0.15, 0.2) is 88.5 Å². The summed E-state index contributed by atoms with van der Waals surface area (Å²) >= 11 is 0. The number of aliphatic imine (C=N–C) groups is 2. The quantitative estimate of drug-likeness (QED) is 0.154. The molecule has 8 atom stereocenters. The summed E-state index contributed by atoms with van der Waals surface area (Å²) in [6.07, 6.45) is 10.2. The molecule has 2 aromatic heterocycles. The molecule has 2 fully saturated rings. The minimum absolute atomic E-state index is 0.146. The number of rotatable bonds is 10. The van der Waals surface area contributed by atoms with Crippen molar-refractivity contribution < 1.29 is 24.5 Å². The van der Waals surface area contributed by atoms with Gasteiger partial charge in [0.25, 0.3) is 0 Å². The summed E-state index contributed by atoms with van der Waals surface area (Å²) in [7, 11) is 1.94. The van der Waals surface area contributed by atoms with Crippen molar-refractivity contribution in [3.05, 3.63) is 84.0 Å².